The highest BCUT2D eigenvalue weighted by Gasteiger charge is 2.36. The standard InChI is InChI=1S/C13H19N3O3S/c1-8(11-14-3-4-20-11)5-15-13(19)16-6-9(2)10(7-16)12(17)18/h3-4,8-10H,5-7H2,1-2H3,(H,15,19)(H,17,18). The summed E-state index contributed by atoms with van der Waals surface area (Å²) < 4.78 is 0. The molecule has 20 heavy (non-hydrogen) atoms. The third-order valence-corrected chi connectivity index (χ3v) is 4.66. The molecule has 0 aliphatic carbocycles. The van der Waals surface area contributed by atoms with Gasteiger partial charge in [0.05, 0.1) is 10.9 Å². The summed E-state index contributed by atoms with van der Waals surface area (Å²) in [5.74, 6) is -1.13. The van der Waals surface area contributed by atoms with E-state index < -0.39 is 11.9 Å². The molecule has 1 aromatic rings. The van der Waals surface area contributed by atoms with Gasteiger partial charge < -0.3 is 15.3 Å². The van der Waals surface area contributed by atoms with Gasteiger partial charge in [-0.2, -0.15) is 0 Å². The maximum Gasteiger partial charge on any atom is 0.317 e. The van der Waals surface area contributed by atoms with Crippen molar-refractivity contribution in [1.82, 2.24) is 15.2 Å². The van der Waals surface area contributed by atoms with Crippen LogP contribution in [0.5, 0.6) is 0 Å². The number of amides is 2. The number of urea groups is 1. The molecule has 3 atom stereocenters. The van der Waals surface area contributed by atoms with Crippen LogP contribution in [0.25, 0.3) is 0 Å². The highest BCUT2D eigenvalue weighted by atomic mass is 32.1. The van der Waals surface area contributed by atoms with Crippen LogP contribution in [0.4, 0.5) is 4.79 Å². The maximum atomic E-state index is 12.0. The molecule has 0 saturated carbocycles. The number of carboxylic acid groups (broad SMARTS) is 1. The van der Waals surface area contributed by atoms with Crippen LogP contribution < -0.4 is 5.32 Å². The molecule has 0 bridgehead atoms. The lowest BCUT2D eigenvalue weighted by Gasteiger charge is -2.18. The summed E-state index contributed by atoms with van der Waals surface area (Å²) in [6.07, 6.45) is 1.75. The molecule has 3 unspecified atom stereocenters. The van der Waals surface area contributed by atoms with Crippen LogP contribution in [0.15, 0.2) is 11.6 Å². The van der Waals surface area contributed by atoms with Crippen molar-refractivity contribution in [2.75, 3.05) is 19.6 Å². The molecule has 2 N–H and O–H groups in total. The molecule has 1 aliphatic rings. The van der Waals surface area contributed by atoms with Crippen LogP contribution in [0.2, 0.25) is 0 Å². The molecule has 0 aromatic carbocycles. The van der Waals surface area contributed by atoms with Gasteiger partial charge in [0.1, 0.15) is 0 Å². The summed E-state index contributed by atoms with van der Waals surface area (Å²) >= 11 is 1.57. The predicted molar refractivity (Wildman–Crippen MR) is 75.8 cm³/mol. The van der Waals surface area contributed by atoms with Crippen LogP contribution in [0.3, 0.4) is 0 Å². The van der Waals surface area contributed by atoms with Gasteiger partial charge in [0.15, 0.2) is 0 Å². The van der Waals surface area contributed by atoms with E-state index in [4.69, 9.17) is 5.11 Å². The van der Waals surface area contributed by atoms with Gasteiger partial charge in [-0.3, -0.25) is 4.79 Å². The van der Waals surface area contributed by atoms with E-state index in [0.29, 0.717) is 13.1 Å². The number of aliphatic carboxylic acids is 1. The van der Waals surface area contributed by atoms with Crippen molar-refractivity contribution >= 4 is 23.3 Å². The van der Waals surface area contributed by atoms with E-state index in [1.54, 1.807) is 22.4 Å². The van der Waals surface area contributed by atoms with Gasteiger partial charge in [-0.1, -0.05) is 13.8 Å². The molecule has 2 amide bonds. The number of carboxylic acids is 1. The SMILES string of the molecule is CC(CNC(=O)N1CC(C)C(C(=O)O)C1)c1nccs1. The van der Waals surface area contributed by atoms with Gasteiger partial charge in [-0.05, 0) is 5.92 Å². The predicted octanol–water partition coefficient (Wildman–Crippen LogP) is 1.61. The second-order valence-electron chi connectivity index (χ2n) is 5.28. The normalized spacial score (nSPS) is 23.6. The topological polar surface area (TPSA) is 82.5 Å². The minimum atomic E-state index is -0.830. The molecule has 1 aliphatic heterocycles. The molecular weight excluding hydrogens is 278 g/mol. The zero-order chi connectivity index (χ0) is 14.7. The van der Waals surface area contributed by atoms with E-state index in [0.717, 1.165) is 5.01 Å². The Hall–Kier alpha value is -1.63. The van der Waals surface area contributed by atoms with E-state index in [-0.39, 0.29) is 24.4 Å². The first-order valence-electron chi connectivity index (χ1n) is 6.64. The van der Waals surface area contributed by atoms with Crippen LogP contribution in [0, 0.1) is 11.8 Å². The third-order valence-electron chi connectivity index (χ3n) is 3.65. The van der Waals surface area contributed by atoms with Gasteiger partial charge in [-0.25, -0.2) is 9.78 Å². The summed E-state index contributed by atoms with van der Waals surface area (Å²) in [5.41, 5.74) is 0. The fourth-order valence-electron chi connectivity index (χ4n) is 2.37. The number of hydrogen-bond acceptors (Lipinski definition) is 4. The van der Waals surface area contributed by atoms with Crippen molar-refractivity contribution < 1.29 is 14.7 Å². The number of nitrogens with one attached hydrogen (secondary N) is 1. The molecule has 110 valence electrons. The molecule has 1 fully saturated rings. The Labute approximate surface area is 121 Å². The zero-order valence-electron chi connectivity index (χ0n) is 11.6. The molecule has 0 radical (unpaired) electrons. The zero-order valence-corrected chi connectivity index (χ0v) is 12.4. The Morgan fingerprint density at radius 3 is 2.90 bits per heavy atom. The van der Waals surface area contributed by atoms with Gasteiger partial charge in [0.2, 0.25) is 0 Å². The molecular formula is C13H19N3O3S. The number of aromatic nitrogens is 1. The lowest BCUT2D eigenvalue weighted by molar-refractivity contribution is -0.142. The first kappa shape index (κ1) is 14.8. The Morgan fingerprint density at radius 2 is 2.35 bits per heavy atom. The second-order valence-corrected chi connectivity index (χ2v) is 6.21. The van der Waals surface area contributed by atoms with E-state index in [1.165, 1.54) is 0 Å². The largest absolute Gasteiger partial charge is 0.481 e. The van der Waals surface area contributed by atoms with Gasteiger partial charge in [-0.15, -0.1) is 11.3 Å². The summed E-state index contributed by atoms with van der Waals surface area (Å²) in [6, 6.07) is -0.191. The third kappa shape index (κ3) is 3.27. The highest BCUT2D eigenvalue weighted by Crippen LogP contribution is 2.23. The number of rotatable bonds is 4. The molecule has 0 spiro atoms. The maximum absolute atomic E-state index is 12.0. The Bertz CT molecular complexity index is 477. The van der Waals surface area contributed by atoms with Crippen LogP contribution in [-0.2, 0) is 4.79 Å². The monoisotopic (exact) mass is 297 g/mol. The molecule has 2 rings (SSSR count). The lowest BCUT2D eigenvalue weighted by Crippen LogP contribution is -2.40. The number of likely N-dealkylation sites (tertiary alicyclic amines) is 1. The van der Waals surface area contributed by atoms with Crippen molar-refractivity contribution in [3.63, 3.8) is 0 Å². The second kappa shape index (κ2) is 6.21. The summed E-state index contributed by atoms with van der Waals surface area (Å²) in [7, 11) is 0. The average Bonchev–Trinajstić information content (AvgIpc) is 3.04. The van der Waals surface area contributed by atoms with Crippen LogP contribution in [0.1, 0.15) is 24.8 Å². The van der Waals surface area contributed by atoms with Crippen molar-refractivity contribution in [1.29, 1.82) is 0 Å². The fourth-order valence-corrected chi connectivity index (χ4v) is 3.07. The quantitative estimate of drug-likeness (QED) is 0.884. The summed E-state index contributed by atoms with van der Waals surface area (Å²) in [4.78, 5) is 28.9. The van der Waals surface area contributed by atoms with E-state index in [1.807, 2.05) is 19.2 Å². The first-order valence-corrected chi connectivity index (χ1v) is 7.52. The smallest absolute Gasteiger partial charge is 0.317 e. The van der Waals surface area contributed by atoms with E-state index in [9.17, 15) is 9.59 Å². The Balaban J connectivity index is 1.83. The van der Waals surface area contributed by atoms with E-state index >= 15 is 0 Å². The lowest BCUT2D eigenvalue weighted by atomic mass is 9.99. The molecule has 2 heterocycles. The summed E-state index contributed by atoms with van der Waals surface area (Å²) in [6.45, 7) is 5.16. The molecule has 1 aromatic heterocycles. The minimum absolute atomic E-state index is 0.00497. The Morgan fingerprint density at radius 1 is 1.60 bits per heavy atom. The fraction of sp³-hybridized carbons (Fsp3) is 0.615. The first-order chi connectivity index (χ1) is 9.49. The van der Waals surface area contributed by atoms with Crippen molar-refractivity contribution in [2.45, 2.75) is 19.8 Å². The molecule has 1 saturated heterocycles. The van der Waals surface area contributed by atoms with Crippen molar-refractivity contribution in [3.05, 3.63) is 16.6 Å². The van der Waals surface area contributed by atoms with E-state index in [2.05, 4.69) is 10.3 Å². The van der Waals surface area contributed by atoms with Crippen molar-refractivity contribution in [3.8, 4) is 0 Å². The minimum Gasteiger partial charge on any atom is -0.481 e. The number of carbonyl (C=O) groups excluding carboxylic acids is 1. The van der Waals surface area contributed by atoms with Crippen LogP contribution in [-0.4, -0.2) is 46.6 Å². The molecule has 7 heteroatoms. The number of nitrogens with zero attached hydrogens (tertiary/aromatic N) is 2. The van der Waals surface area contributed by atoms with Crippen molar-refractivity contribution in [2.24, 2.45) is 11.8 Å². The molecule has 6 nitrogen and oxygen atoms in total. The average molecular weight is 297 g/mol. The summed E-state index contributed by atoms with van der Waals surface area (Å²) in [5, 5.41) is 14.8. The highest BCUT2D eigenvalue weighted by molar-refractivity contribution is 7.09. The van der Waals surface area contributed by atoms with Gasteiger partial charge in [0, 0.05) is 37.1 Å². The number of hydrogen-bond donors (Lipinski definition) is 2. The Kier molecular flexibility index (Phi) is 4.59. The van der Waals surface area contributed by atoms with Crippen LogP contribution >= 0.6 is 11.3 Å². The van der Waals surface area contributed by atoms with Gasteiger partial charge >= 0.3 is 12.0 Å². The van der Waals surface area contributed by atoms with Gasteiger partial charge in [0.25, 0.3) is 0 Å². The number of carbonyl (C=O) groups is 2. The number of thiazole rings is 1.